The Morgan fingerprint density at radius 1 is 1.12 bits per heavy atom. The number of carbonyl (C=O) groups excluding carboxylic acids is 1. The molecule has 1 aromatic heterocycles. The van der Waals surface area contributed by atoms with Gasteiger partial charge in [0.05, 0.1) is 23.0 Å². The standard InChI is InChI=1S/C25H27ClN4O2/c1-17-22(23(26)30(28-17)18-8-4-3-5-9-18)24(31)27-20-16-25(12-14-29(2)15-13-25)32-21-11-7-6-10-19(20)21/h3-11,20H,12-16H2,1-2H3,(H,27,31). The van der Waals surface area contributed by atoms with E-state index in [1.54, 1.807) is 4.68 Å². The third-order valence-electron chi connectivity index (χ3n) is 6.63. The van der Waals surface area contributed by atoms with Gasteiger partial charge in [-0.3, -0.25) is 4.79 Å². The molecule has 32 heavy (non-hydrogen) atoms. The number of benzene rings is 2. The molecule has 0 aliphatic carbocycles. The van der Waals surface area contributed by atoms with E-state index in [1.807, 2.05) is 61.5 Å². The number of fused-ring (bicyclic) bond motifs is 1. The lowest BCUT2D eigenvalue weighted by atomic mass is 9.80. The minimum Gasteiger partial charge on any atom is -0.487 e. The van der Waals surface area contributed by atoms with Gasteiger partial charge in [0.25, 0.3) is 5.91 Å². The molecule has 166 valence electrons. The van der Waals surface area contributed by atoms with Gasteiger partial charge in [0.2, 0.25) is 0 Å². The maximum Gasteiger partial charge on any atom is 0.256 e. The van der Waals surface area contributed by atoms with Crippen molar-refractivity contribution < 1.29 is 9.53 Å². The number of nitrogens with zero attached hydrogens (tertiary/aromatic N) is 3. The third kappa shape index (κ3) is 3.78. The first-order valence-corrected chi connectivity index (χ1v) is 11.4. The van der Waals surface area contributed by atoms with E-state index in [9.17, 15) is 4.79 Å². The van der Waals surface area contributed by atoms with Crippen LogP contribution < -0.4 is 10.1 Å². The van der Waals surface area contributed by atoms with Gasteiger partial charge in [-0.25, -0.2) is 4.68 Å². The van der Waals surface area contributed by atoms with Crippen molar-refractivity contribution >= 4 is 17.5 Å². The first kappa shape index (κ1) is 21.0. The predicted octanol–water partition coefficient (Wildman–Crippen LogP) is 4.55. The molecule has 7 heteroatoms. The van der Waals surface area contributed by atoms with E-state index in [0.29, 0.717) is 16.4 Å². The minimum atomic E-state index is -0.258. The van der Waals surface area contributed by atoms with E-state index in [2.05, 4.69) is 22.4 Å². The van der Waals surface area contributed by atoms with Crippen LogP contribution in [0.2, 0.25) is 5.15 Å². The number of piperidine rings is 1. The van der Waals surface area contributed by atoms with Gasteiger partial charge in [0.1, 0.15) is 16.5 Å². The molecular formula is C25H27ClN4O2. The summed E-state index contributed by atoms with van der Waals surface area (Å²) in [4.78, 5) is 15.8. The predicted molar refractivity (Wildman–Crippen MR) is 125 cm³/mol. The van der Waals surface area contributed by atoms with Gasteiger partial charge >= 0.3 is 0 Å². The highest BCUT2D eigenvalue weighted by atomic mass is 35.5. The molecule has 1 saturated heterocycles. The summed E-state index contributed by atoms with van der Waals surface area (Å²) in [6.45, 7) is 3.78. The highest BCUT2D eigenvalue weighted by molar-refractivity contribution is 6.33. The number of halogens is 1. The van der Waals surface area contributed by atoms with Crippen molar-refractivity contribution in [2.45, 2.75) is 37.8 Å². The number of nitrogens with one attached hydrogen (secondary N) is 1. The van der Waals surface area contributed by atoms with Crippen LogP contribution in [0.5, 0.6) is 5.75 Å². The average molecular weight is 451 g/mol. The number of rotatable bonds is 3. The Morgan fingerprint density at radius 3 is 2.56 bits per heavy atom. The van der Waals surface area contributed by atoms with E-state index < -0.39 is 0 Å². The third-order valence-corrected chi connectivity index (χ3v) is 6.98. The maximum absolute atomic E-state index is 13.4. The number of amides is 1. The molecule has 1 N–H and O–H groups in total. The van der Waals surface area contributed by atoms with E-state index in [-0.39, 0.29) is 17.6 Å². The van der Waals surface area contributed by atoms with Crippen LogP contribution in [-0.2, 0) is 0 Å². The number of ether oxygens (including phenoxy) is 1. The van der Waals surface area contributed by atoms with Gasteiger partial charge in [-0.2, -0.15) is 5.10 Å². The summed E-state index contributed by atoms with van der Waals surface area (Å²) in [6, 6.07) is 17.5. The fourth-order valence-corrected chi connectivity index (χ4v) is 5.16. The summed E-state index contributed by atoms with van der Waals surface area (Å²) in [6.07, 6.45) is 2.62. The largest absolute Gasteiger partial charge is 0.487 e. The second-order valence-electron chi connectivity index (χ2n) is 8.85. The van der Waals surface area contributed by atoms with E-state index >= 15 is 0 Å². The lowest BCUT2D eigenvalue weighted by Gasteiger charge is -2.46. The van der Waals surface area contributed by atoms with E-state index in [0.717, 1.165) is 49.4 Å². The zero-order valence-electron chi connectivity index (χ0n) is 18.3. The van der Waals surface area contributed by atoms with Crippen LogP contribution in [0, 0.1) is 6.92 Å². The molecule has 0 saturated carbocycles. The number of hydrogen-bond donors (Lipinski definition) is 1. The molecule has 6 nitrogen and oxygen atoms in total. The normalized spacial score (nSPS) is 19.9. The zero-order chi connectivity index (χ0) is 22.3. The molecule has 1 atom stereocenters. The lowest BCUT2D eigenvalue weighted by molar-refractivity contribution is -0.0195. The topological polar surface area (TPSA) is 59.4 Å². The fourth-order valence-electron chi connectivity index (χ4n) is 4.81. The van der Waals surface area contributed by atoms with Gasteiger partial charge in [-0.15, -0.1) is 0 Å². The van der Waals surface area contributed by atoms with Gasteiger partial charge in [-0.05, 0) is 45.0 Å². The van der Waals surface area contributed by atoms with Gasteiger partial charge < -0.3 is 15.0 Å². The number of para-hydroxylation sites is 2. The Labute approximate surface area is 193 Å². The van der Waals surface area contributed by atoms with Crippen molar-refractivity contribution in [3.63, 3.8) is 0 Å². The van der Waals surface area contributed by atoms with E-state index in [4.69, 9.17) is 16.3 Å². The SMILES string of the molecule is Cc1nn(-c2ccccc2)c(Cl)c1C(=O)NC1CC2(CCN(C)CC2)Oc2ccccc21. The monoisotopic (exact) mass is 450 g/mol. The highest BCUT2D eigenvalue weighted by Crippen LogP contribution is 2.44. The number of aromatic nitrogens is 2. The Hall–Kier alpha value is -2.83. The number of aryl methyl sites for hydroxylation is 1. The smallest absolute Gasteiger partial charge is 0.256 e. The lowest BCUT2D eigenvalue weighted by Crippen LogP contribution is -2.51. The molecule has 3 heterocycles. The number of likely N-dealkylation sites (tertiary alicyclic amines) is 1. The first-order valence-electron chi connectivity index (χ1n) is 11.0. The van der Waals surface area contributed by atoms with Crippen LogP contribution in [0.4, 0.5) is 0 Å². The molecule has 0 radical (unpaired) electrons. The zero-order valence-corrected chi connectivity index (χ0v) is 19.1. The molecule has 2 aromatic carbocycles. The molecule has 3 aromatic rings. The second-order valence-corrected chi connectivity index (χ2v) is 9.21. The Morgan fingerprint density at radius 2 is 1.81 bits per heavy atom. The molecule has 0 bridgehead atoms. The molecule has 1 fully saturated rings. The van der Waals surface area contributed by atoms with Crippen LogP contribution >= 0.6 is 11.6 Å². The van der Waals surface area contributed by atoms with Crippen LogP contribution in [-0.4, -0.2) is 46.3 Å². The van der Waals surface area contributed by atoms with Crippen molar-refractivity contribution in [2.75, 3.05) is 20.1 Å². The Kier molecular flexibility index (Phi) is 5.43. The first-order chi connectivity index (χ1) is 15.5. The summed E-state index contributed by atoms with van der Waals surface area (Å²) in [7, 11) is 2.14. The quantitative estimate of drug-likeness (QED) is 0.635. The van der Waals surface area contributed by atoms with Crippen molar-refractivity contribution in [1.29, 1.82) is 0 Å². The second kappa shape index (κ2) is 8.26. The summed E-state index contributed by atoms with van der Waals surface area (Å²) in [5.41, 5.74) is 2.59. The Bertz CT molecular complexity index is 1140. The molecule has 1 unspecified atom stereocenters. The maximum atomic E-state index is 13.4. The summed E-state index contributed by atoms with van der Waals surface area (Å²) < 4.78 is 8.13. The molecule has 2 aliphatic rings. The van der Waals surface area contributed by atoms with Crippen LogP contribution in [0.25, 0.3) is 5.69 Å². The van der Waals surface area contributed by atoms with Crippen LogP contribution in [0.3, 0.4) is 0 Å². The summed E-state index contributed by atoms with van der Waals surface area (Å²) in [5, 5.41) is 8.09. The summed E-state index contributed by atoms with van der Waals surface area (Å²) >= 11 is 6.64. The minimum absolute atomic E-state index is 0.147. The van der Waals surface area contributed by atoms with Crippen molar-refractivity contribution in [3.8, 4) is 11.4 Å². The molecule has 1 amide bonds. The molecule has 2 aliphatic heterocycles. The van der Waals surface area contributed by atoms with Crippen molar-refractivity contribution in [3.05, 3.63) is 76.6 Å². The van der Waals surface area contributed by atoms with Crippen LogP contribution in [0.15, 0.2) is 54.6 Å². The highest BCUT2D eigenvalue weighted by Gasteiger charge is 2.43. The Balaban J connectivity index is 1.44. The van der Waals surface area contributed by atoms with Crippen LogP contribution in [0.1, 0.15) is 46.9 Å². The molecule has 5 rings (SSSR count). The van der Waals surface area contributed by atoms with Gasteiger partial charge in [0, 0.05) is 25.1 Å². The average Bonchev–Trinajstić information content (AvgIpc) is 3.10. The van der Waals surface area contributed by atoms with Crippen molar-refractivity contribution in [2.24, 2.45) is 0 Å². The summed E-state index contributed by atoms with van der Waals surface area (Å²) in [5.74, 6) is 0.649. The molecule has 1 spiro atoms. The number of hydrogen-bond acceptors (Lipinski definition) is 4. The van der Waals surface area contributed by atoms with Gasteiger partial charge in [0.15, 0.2) is 0 Å². The van der Waals surface area contributed by atoms with Crippen molar-refractivity contribution in [1.82, 2.24) is 20.0 Å². The molecular weight excluding hydrogens is 424 g/mol. The van der Waals surface area contributed by atoms with Gasteiger partial charge in [-0.1, -0.05) is 48.0 Å². The van der Waals surface area contributed by atoms with E-state index in [1.165, 1.54) is 0 Å². The fraction of sp³-hybridized carbons (Fsp3) is 0.360. The number of carbonyl (C=O) groups is 1.